The minimum Gasteiger partial charge on any atom is -0.382 e. The first-order valence-corrected chi connectivity index (χ1v) is 9.96. The van der Waals surface area contributed by atoms with Gasteiger partial charge in [0.25, 0.3) is 10.0 Å². The normalized spacial score (nSPS) is 10.9. The molecule has 0 bridgehead atoms. The van der Waals surface area contributed by atoms with Crippen LogP contribution in [-0.2, 0) is 10.0 Å². The van der Waals surface area contributed by atoms with Crippen molar-refractivity contribution in [1.29, 1.82) is 0 Å². The van der Waals surface area contributed by atoms with Gasteiger partial charge >= 0.3 is 0 Å². The summed E-state index contributed by atoms with van der Waals surface area (Å²) in [5, 5.41) is -0.00289. The lowest BCUT2D eigenvalue weighted by Gasteiger charge is -2.11. The van der Waals surface area contributed by atoms with Gasteiger partial charge < -0.3 is 5.73 Å². The maximum atomic E-state index is 14.7. The van der Waals surface area contributed by atoms with Gasteiger partial charge in [-0.25, -0.2) is 27.2 Å². The summed E-state index contributed by atoms with van der Waals surface area (Å²) in [5.74, 6) is 2.68. The molecule has 0 saturated heterocycles. The van der Waals surface area contributed by atoms with Crippen LogP contribution in [0.4, 0.5) is 20.3 Å². The summed E-state index contributed by atoms with van der Waals surface area (Å²) >= 11 is 11.7. The first kappa shape index (κ1) is 20.8. The van der Waals surface area contributed by atoms with Crippen LogP contribution in [0.5, 0.6) is 0 Å². The average molecular weight is 455 g/mol. The van der Waals surface area contributed by atoms with Crippen molar-refractivity contribution in [2.24, 2.45) is 0 Å². The van der Waals surface area contributed by atoms with Gasteiger partial charge in [-0.3, -0.25) is 4.72 Å². The minimum atomic E-state index is -4.30. The predicted molar refractivity (Wildman–Crippen MR) is 106 cm³/mol. The second kappa shape index (κ2) is 8.21. The van der Waals surface area contributed by atoms with Gasteiger partial charge in [0.15, 0.2) is 5.82 Å². The number of anilines is 2. The van der Waals surface area contributed by atoms with Crippen LogP contribution in [0.15, 0.2) is 47.6 Å². The van der Waals surface area contributed by atoms with E-state index < -0.39 is 32.9 Å². The van der Waals surface area contributed by atoms with E-state index in [4.69, 9.17) is 28.9 Å². The molecular formula is C18H10Cl2F2N4O2S. The molecule has 1 aromatic heterocycles. The number of nitrogens with two attached hydrogens (primary N) is 1. The minimum absolute atomic E-state index is 0.116. The fraction of sp³-hybridized carbons (Fsp3) is 0. The molecule has 2 aromatic carbocycles. The molecule has 148 valence electrons. The molecule has 0 aliphatic carbocycles. The van der Waals surface area contributed by atoms with Crippen molar-refractivity contribution in [1.82, 2.24) is 9.97 Å². The van der Waals surface area contributed by atoms with E-state index in [1.807, 2.05) is 4.72 Å². The van der Waals surface area contributed by atoms with E-state index in [2.05, 4.69) is 21.8 Å². The van der Waals surface area contributed by atoms with Crippen LogP contribution in [0, 0.1) is 23.5 Å². The van der Waals surface area contributed by atoms with Crippen molar-refractivity contribution in [3.8, 4) is 11.8 Å². The number of benzene rings is 2. The zero-order valence-electron chi connectivity index (χ0n) is 14.2. The van der Waals surface area contributed by atoms with Gasteiger partial charge in [-0.1, -0.05) is 29.1 Å². The summed E-state index contributed by atoms with van der Waals surface area (Å²) in [7, 11) is -4.30. The summed E-state index contributed by atoms with van der Waals surface area (Å²) in [5.41, 5.74) is 4.35. The first-order valence-electron chi connectivity index (χ1n) is 7.73. The lowest BCUT2D eigenvalue weighted by atomic mass is 10.1. The van der Waals surface area contributed by atoms with E-state index in [1.165, 1.54) is 24.5 Å². The zero-order chi connectivity index (χ0) is 21.2. The van der Waals surface area contributed by atoms with Crippen molar-refractivity contribution in [3.63, 3.8) is 0 Å². The number of nitrogens with zero attached hydrogens (tertiary/aromatic N) is 2. The van der Waals surface area contributed by atoms with E-state index in [0.717, 1.165) is 18.2 Å². The lowest BCUT2D eigenvalue weighted by molar-refractivity contribution is 0.578. The topological polar surface area (TPSA) is 98.0 Å². The van der Waals surface area contributed by atoms with Crippen molar-refractivity contribution in [3.05, 3.63) is 75.7 Å². The third-order valence-corrected chi connectivity index (χ3v) is 5.59. The Morgan fingerprint density at radius 2 is 1.79 bits per heavy atom. The fourth-order valence-electron chi connectivity index (χ4n) is 2.16. The van der Waals surface area contributed by atoms with Crippen LogP contribution < -0.4 is 10.5 Å². The Balaban J connectivity index is 1.99. The molecular weight excluding hydrogens is 445 g/mol. The van der Waals surface area contributed by atoms with E-state index in [-0.39, 0.29) is 26.5 Å². The Kier molecular flexibility index (Phi) is 5.88. The average Bonchev–Trinajstić information content (AvgIpc) is 2.67. The molecule has 0 amide bonds. The number of hydrogen-bond donors (Lipinski definition) is 2. The Hall–Kier alpha value is -2.93. The molecule has 11 heteroatoms. The second-order valence-electron chi connectivity index (χ2n) is 5.54. The molecule has 3 aromatic rings. The Labute approximate surface area is 174 Å². The smallest absolute Gasteiger partial charge is 0.263 e. The van der Waals surface area contributed by atoms with Gasteiger partial charge in [0.05, 0.1) is 28.7 Å². The van der Waals surface area contributed by atoms with Crippen molar-refractivity contribution in [2.75, 3.05) is 10.5 Å². The third-order valence-electron chi connectivity index (χ3n) is 3.51. The summed E-state index contributed by atoms with van der Waals surface area (Å²) in [4.78, 5) is 7.25. The maximum absolute atomic E-state index is 14.7. The van der Waals surface area contributed by atoms with E-state index in [9.17, 15) is 17.2 Å². The van der Waals surface area contributed by atoms with Crippen LogP contribution in [0.1, 0.15) is 11.3 Å². The molecule has 6 nitrogen and oxygen atoms in total. The molecule has 1 heterocycles. The van der Waals surface area contributed by atoms with Gasteiger partial charge in [-0.15, -0.1) is 0 Å². The standard InChI is InChI=1S/C18H10Cl2F2N4O2S/c19-10-1-4-13(20)16(7-10)29(27,28)26-15-6-5-14(21)12(18(15)22)3-2-11-8-25-17(23)9-24-11/h1,4-9,26H,(H2,23,25). The highest BCUT2D eigenvalue weighted by Gasteiger charge is 2.22. The monoisotopic (exact) mass is 454 g/mol. The van der Waals surface area contributed by atoms with Crippen molar-refractivity contribution >= 4 is 44.7 Å². The lowest BCUT2D eigenvalue weighted by Crippen LogP contribution is -2.15. The highest BCUT2D eigenvalue weighted by atomic mass is 35.5. The highest BCUT2D eigenvalue weighted by molar-refractivity contribution is 7.92. The molecule has 0 atom stereocenters. The molecule has 3 rings (SSSR count). The van der Waals surface area contributed by atoms with Crippen molar-refractivity contribution < 1.29 is 17.2 Å². The molecule has 0 saturated carbocycles. The van der Waals surface area contributed by atoms with Crippen molar-refractivity contribution in [2.45, 2.75) is 4.90 Å². The summed E-state index contributed by atoms with van der Waals surface area (Å²) in [6.07, 6.45) is 2.46. The number of aromatic nitrogens is 2. The van der Waals surface area contributed by atoms with E-state index in [0.29, 0.717) is 0 Å². The van der Waals surface area contributed by atoms with Gasteiger partial charge in [-0.05, 0) is 36.3 Å². The number of sulfonamides is 1. The van der Waals surface area contributed by atoms with Crippen LogP contribution in [-0.4, -0.2) is 18.4 Å². The Morgan fingerprint density at radius 1 is 1.03 bits per heavy atom. The zero-order valence-corrected chi connectivity index (χ0v) is 16.6. The fourth-order valence-corrected chi connectivity index (χ4v) is 3.98. The van der Waals surface area contributed by atoms with Gasteiger partial charge in [0.1, 0.15) is 22.2 Å². The number of rotatable bonds is 3. The third kappa shape index (κ3) is 4.74. The quantitative estimate of drug-likeness (QED) is 0.585. The van der Waals surface area contributed by atoms with E-state index >= 15 is 0 Å². The number of nitrogens with one attached hydrogen (secondary N) is 1. The Bertz CT molecular complexity index is 1260. The molecule has 0 unspecified atom stereocenters. The summed E-state index contributed by atoms with van der Waals surface area (Å²) < 4.78 is 55.9. The summed E-state index contributed by atoms with van der Waals surface area (Å²) in [6.45, 7) is 0. The van der Waals surface area contributed by atoms with Gasteiger partial charge in [-0.2, -0.15) is 0 Å². The second-order valence-corrected chi connectivity index (χ2v) is 8.04. The summed E-state index contributed by atoms with van der Waals surface area (Å²) in [6, 6.07) is 5.58. The molecule has 0 fully saturated rings. The maximum Gasteiger partial charge on any atom is 0.263 e. The SMILES string of the molecule is Nc1cnc(C#Cc2c(F)ccc(NS(=O)(=O)c3cc(Cl)ccc3Cl)c2F)cn1. The molecule has 0 radical (unpaired) electrons. The van der Waals surface area contributed by atoms with Gasteiger partial charge in [0.2, 0.25) is 0 Å². The number of nitrogen functional groups attached to an aromatic ring is 1. The largest absolute Gasteiger partial charge is 0.382 e. The molecule has 0 spiro atoms. The van der Waals surface area contributed by atoms with Crippen LogP contribution in [0.25, 0.3) is 0 Å². The van der Waals surface area contributed by atoms with Gasteiger partial charge in [0, 0.05) is 5.02 Å². The highest BCUT2D eigenvalue weighted by Crippen LogP contribution is 2.28. The molecule has 29 heavy (non-hydrogen) atoms. The molecule has 0 aliphatic rings. The predicted octanol–water partition coefficient (Wildman–Crippen LogP) is 3.84. The molecule has 0 aliphatic heterocycles. The number of hydrogen-bond acceptors (Lipinski definition) is 5. The first-order chi connectivity index (χ1) is 13.7. The number of halogens is 4. The Morgan fingerprint density at radius 3 is 2.48 bits per heavy atom. The van der Waals surface area contributed by atoms with Crippen LogP contribution >= 0.6 is 23.2 Å². The van der Waals surface area contributed by atoms with Crippen LogP contribution in [0.3, 0.4) is 0 Å². The van der Waals surface area contributed by atoms with Crippen LogP contribution in [0.2, 0.25) is 10.0 Å². The molecule has 3 N–H and O–H groups in total. The van der Waals surface area contributed by atoms with E-state index in [1.54, 1.807) is 0 Å².